The number of hydrogen-bond acceptors (Lipinski definition) is 8. The molecule has 0 spiro atoms. The molecule has 0 aliphatic rings. The zero-order chi connectivity index (χ0) is 25.7. The third-order valence-corrected chi connectivity index (χ3v) is 4.77. The van der Waals surface area contributed by atoms with Crippen LogP contribution in [0.25, 0.3) is 0 Å². The molecule has 11 N–H and O–H groups in total. The lowest BCUT2D eigenvalue weighted by molar-refractivity contribution is -0.138. The molecule has 1 aromatic carbocycles. The topological polar surface area (TPSA) is 240 Å². The van der Waals surface area contributed by atoms with Crippen LogP contribution in [0.15, 0.2) is 24.3 Å². The van der Waals surface area contributed by atoms with Crippen LogP contribution in [0.2, 0.25) is 0 Å². The van der Waals surface area contributed by atoms with E-state index in [4.69, 9.17) is 22.3 Å². The molecule has 13 heteroatoms. The molecule has 1 aromatic rings. The number of amides is 4. The Balaban J connectivity index is 2.97. The molecule has 3 atom stereocenters. The smallest absolute Gasteiger partial charge is 0.322 e. The molecule has 0 aromatic heterocycles. The molecular weight excluding hydrogens is 448 g/mol. The van der Waals surface area contributed by atoms with Crippen molar-refractivity contribution in [3.05, 3.63) is 29.8 Å². The molecule has 0 saturated heterocycles. The third kappa shape index (κ3) is 10.7. The summed E-state index contributed by atoms with van der Waals surface area (Å²) in [6.45, 7) is -0.243. The fourth-order valence-electron chi connectivity index (χ4n) is 2.96. The Morgan fingerprint density at radius 3 is 2.09 bits per heavy atom. The van der Waals surface area contributed by atoms with Gasteiger partial charge in [-0.3, -0.25) is 24.0 Å². The van der Waals surface area contributed by atoms with Crippen LogP contribution in [-0.4, -0.2) is 71.0 Å². The van der Waals surface area contributed by atoms with E-state index in [9.17, 15) is 29.1 Å². The third-order valence-electron chi connectivity index (χ3n) is 4.77. The monoisotopic (exact) mass is 480 g/mol. The number of carboxylic acids is 1. The number of unbranched alkanes of at least 4 members (excludes halogenated alkanes) is 1. The maximum absolute atomic E-state index is 12.9. The molecule has 0 bridgehead atoms. The maximum atomic E-state index is 12.9. The van der Waals surface area contributed by atoms with Gasteiger partial charge >= 0.3 is 5.97 Å². The number of hydrogen-bond donors (Lipinski definition) is 8. The normalized spacial score (nSPS) is 13.2. The summed E-state index contributed by atoms with van der Waals surface area (Å²) in [5.74, 6) is -4.52. The highest BCUT2D eigenvalue weighted by molar-refractivity contribution is 5.96. The molecule has 0 fully saturated rings. The molecule has 0 radical (unpaired) electrons. The number of aromatic hydroxyl groups is 1. The number of phenolic OH excluding ortho intramolecular Hbond substituents is 1. The molecule has 4 amide bonds. The van der Waals surface area contributed by atoms with Gasteiger partial charge in [-0.2, -0.15) is 0 Å². The van der Waals surface area contributed by atoms with E-state index >= 15 is 0 Å². The fraction of sp³-hybridized carbons (Fsp3) is 0.476. The minimum absolute atomic E-state index is 0.00768. The first-order valence-electron chi connectivity index (χ1n) is 10.7. The summed E-state index contributed by atoms with van der Waals surface area (Å²) in [7, 11) is 0. The van der Waals surface area contributed by atoms with Crippen LogP contribution in [-0.2, 0) is 30.4 Å². The zero-order valence-electron chi connectivity index (χ0n) is 18.7. The highest BCUT2D eigenvalue weighted by Crippen LogP contribution is 2.12. The molecule has 188 valence electrons. The number of nitrogens with one attached hydrogen (secondary N) is 3. The summed E-state index contributed by atoms with van der Waals surface area (Å²) in [6.07, 6.45) is 0.963. The van der Waals surface area contributed by atoms with Crippen molar-refractivity contribution in [1.29, 1.82) is 0 Å². The Hall–Kier alpha value is -3.71. The highest BCUT2D eigenvalue weighted by atomic mass is 16.4. The molecular formula is C21H32N6O7. The Kier molecular flexibility index (Phi) is 12.0. The predicted molar refractivity (Wildman–Crippen MR) is 121 cm³/mol. The van der Waals surface area contributed by atoms with Gasteiger partial charge in [0.1, 0.15) is 24.4 Å². The quantitative estimate of drug-likeness (QED) is 0.123. The fourth-order valence-corrected chi connectivity index (χ4v) is 2.96. The summed E-state index contributed by atoms with van der Waals surface area (Å²) in [5.41, 5.74) is 17.0. The number of primary amides is 1. The molecule has 3 unspecified atom stereocenters. The molecule has 0 heterocycles. The van der Waals surface area contributed by atoms with Crippen molar-refractivity contribution in [3.63, 3.8) is 0 Å². The first kappa shape index (κ1) is 28.3. The second-order valence-electron chi connectivity index (χ2n) is 7.67. The van der Waals surface area contributed by atoms with Gasteiger partial charge in [0.15, 0.2) is 0 Å². The van der Waals surface area contributed by atoms with E-state index in [1.54, 1.807) is 0 Å². The molecule has 0 aliphatic heterocycles. The number of carboxylic acid groups (broad SMARTS) is 1. The van der Waals surface area contributed by atoms with Crippen molar-refractivity contribution in [1.82, 2.24) is 16.0 Å². The van der Waals surface area contributed by atoms with Crippen molar-refractivity contribution in [3.8, 4) is 5.75 Å². The number of carbonyl (C=O) groups excluding carboxylic acids is 4. The molecule has 13 nitrogen and oxygen atoms in total. The van der Waals surface area contributed by atoms with Crippen molar-refractivity contribution < 1.29 is 34.2 Å². The minimum Gasteiger partial charge on any atom is -0.508 e. The predicted octanol–water partition coefficient (Wildman–Crippen LogP) is -2.56. The molecule has 34 heavy (non-hydrogen) atoms. The lowest BCUT2D eigenvalue weighted by atomic mass is 10.0. The number of carbonyl (C=O) groups is 5. The minimum atomic E-state index is -1.40. The van der Waals surface area contributed by atoms with Crippen LogP contribution >= 0.6 is 0 Å². The molecule has 0 aliphatic carbocycles. The maximum Gasteiger partial charge on any atom is 0.322 e. The Morgan fingerprint density at radius 2 is 1.53 bits per heavy atom. The van der Waals surface area contributed by atoms with Gasteiger partial charge in [0, 0.05) is 6.42 Å². The van der Waals surface area contributed by atoms with Gasteiger partial charge in [-0.1, -0.05) is 18.6 Å². The highest BCUT2D eigenvalue weighted by Gasteiger charge is 2.29. The van der Waals surface area contributed by atoms with Crippen LogP contribution < -0.4 is 33.2 Å². The lowest BCUT2D eigenvalue weighted by Crippen LogP contribution is -2.57. The summed E-state index contributed by atoms with van der Waals surface area (Å²) in [5, 5.41) is 25.2. The van der Waals surface area contributed by atoms with E-state index in [-0.39, 0.29) is 12.2 Å². The Morgan fingerprint density at radius 1 is 0.912 bits per heavy atom. The largest absolute Gasteiger partial charge is 0.508 e. The lowest BCUT2D eigenvalue weighted by Gasteiger charge is -2.23. The van der Waals surface area contributed by atoms with E-state index in [2.05, 4.69) is 16.0 Å². The zero-order valence-corrected chi connectivity index (χ0v) is 18.7. The number of aliphatic carboxylic acids is 1. The second-order valence-corrected chi connectivity index (χ2v) is 7.67. The number of nitrogens with two attached hydrogens (primary N) is 3. The first-order valence-corrected chi connectivity index (χ1v) is 10.7. The van der Waals surface area contributed by atoms with Crippen LogP contribution in [0.1, 0.15) is 31.2 Å². The SMILES string of the molecule is NCCCCC(N)C(=O)NC(CC(N)=O)C(=O)NC(Cc1ccc(O)cc1)C(=O)NCC(=O)O. The van der Waals surface area contributed by atoms with E-state index in [1.807, 2.05) is 0 Å². The van der Waals surface area contributed by atoms with E-state index < -0.39 is 60.7 Å². The van der Waals surface area contributed by atoms with Gasteiger partial charge in [-0.05, 0) is 37.1 Å². The Labute approximate surface area is 196 Å². The van der Waals surface area contributed by atoms with Crippen LogP contribution in [0.5, 0.6) is 5.75 Å². The first-order chi connectivity index (χ1) is 16.0. The average molecular weight is 481 g/mol. The van der Waals surface area contributed by atoms with Gasteiger partial charge in [-0.15, -0.1) is 0 Å². The van der Waals surface area contributed by atoms with Crippen LogP contribution in [0, 0.1) is 0 Å². The number of rotatable bonds is 15. The van der Waals surface area contributed by atoms with Crippen molar-refractivity contribution in [2.24, 2.45) is 17.2 Å². The van der Waals surface area contributed by atoms with Crippen LogP contribution in [0.4, 0.5) is 0 Å². The summed E-state index contributed by atoms with van der Waals surface area (Å²) < 4.78 is 0. The van der Waals surface area contributed by atoms with Gasteiger partial charge in [-0.25, -0.2) is 0 Å². The average Bonchev–Trinajstić information content (AvgIpc) is 2.77. The number of benzene rings is 1. The summed E-state index contributed by atoms with van der Waals surface area (Å²) in [6, 6.07) is 2.20. The second kappa shape index (κ2) is 14.4. The van der Waals surface area contributed by atoms with Gasteiger partial charge in [0.25, 0.3) is 0 Å². The Bertz CT molecular complexity index is 862. The summed E-state index contributed by atoms with van der Waals surface area (Å²) in [4.78, 5) is 60.1. The summed E-state index contributed by atoms with van der Waals surface area (Å²) >= 11 is 0. The van der Waals surface area contributed by atoms with Gasteiger partial charge in [0.05, 0.1) is 12.5 Å². The van der Waals surface area contributed by atoms with Crippen molar-refractivity contribution in [2.75, 3.05) is 13.1 Å². The van der Waals surface area contributed by atoms with Crippen LogP contribution in [0.3, 0.4) is 0 Å². The van der Waals surface area contributed by atoms with Gasteiger partial charge < -0.3 is 43.4 Å². The number of phenols is 1. The van der Waals surface area contributed by atoms with Crippen molar-refractivity contribution >= 4 is 29.6 Å². The molecule has 0 saturated carbocycles. The standard InChI is InChI=1S/C21H32N6O7/c22-8-2-1-3-14(23)19(32)26-16(10-17(24)29)21(34)27-15(20(33)25-11-18(30)31)9-12-4-6-13(28)7-5-12/h4-7,14-16,28H,1-3,8-11,22-23H2,(H2,24,29)(H,25,33)(H,26,32)(H,27,34)(H,30,31). The van der Waals surface area contributed by atoms with E-state index in [0.29, 0.717) is 31.4 Å². The molecule has 1 rings (SSSR count). The van der Waals surface area contributed by atoms with Gasteiger partial charge in [0.2, 0.25) is 23.6 Å². The van der Waals surface area contributed by atoms with E-state index in [0.717, 1.165) is 0 Å². The van der Waals surface area contributed by atoms with E-state index in [1.165, 1.54) is 24.3 Å². The van der Waals surface area contributed by atoms with Crippen molar-refractivity contribution in [2.45, 2.75) is 50.2 Å².